The van der Waals surface area contributed by atoms with Crippen molar-refractivity contribution in [2.75, 3.05) is 32.4 Å². The Bertz CT molecular complexity index is 415. The summed E-state index contributed by atoms with van der Waals surface area (Å²) in [5.41, 5.74) is 1.54. The van der Waals surface area contributed by atoms with Crippen LogP contribution in [-0.2, 0) is 0 Å². The van der Waals surface area contributed by atoms with Crippen molar-refractivity contribution in [2.45, 2.75) is 36.6 Å². The van der Waals surface area contributed by atoms with Crippen LogP contribution in [0.25, 0.3) is 0 Å². The van der Waals surface area contributed by atoms with Crippen molar-refractivity contribution in [3.63, 3.8) is 0 Å². The van der Waals surface area contributed by atoms with Crippen LogP contribution >= 0.6 is 36.6 Å². The molecule has 3 rings (SSSR count). The number of halogens is 2. The molecule has 0 aromatic heterocycles. The molecular formula is C17H28Cl2N2S. The number of nitrogens with zero attached hydrogens (tertiary/aromatic N) is 1. The van der Waals surface area contributed by atoms with Crippen LogP contribution in [0.15, 0.2) is 29.2 Å². The Kier molecular flexibility index (Phi) is 9.18. The van der Waals surface area contributed by atoms with Gasteiger partial charge in [0.1, 0.15) is 0 Å². The van der Waals surface area contributed by atoms with E-state index in [-0.39, 0.29) is 24.8 Å². The lowest BCUT2D eigenvalue weighted by Gasteiger charge is -2.38. The van der Waals surface area contributed by atoms with Crippen LogP contribution in [0.4, 0.5) is 0 Å². The average molecular weight is 363 g/mol. The van der Waals surface area contributed by atoms with E-state index in [1.165, 1.54) is 49.2 Å². The molecule has 1 aromatic rings. The maximum Gasteiger partial charge on any atom is 0.0377 e. The van der Waals surface area contributed by atoms with Crippen molar-refractivity contribution in [2.24, 2.45) is 5.92 Å². The fraction of sp³-hybridized carbons (Fsp3) is 0.647. The van der Waals surface area contributed by atoms with Crippen LogP contribution in [-0.4, -0.2) is 37.3 Å². The molecule has 0 bridgehead atoms. The van der Waals surface area contributed by atoms with Gasteiger partial charge in [-0.15, -0.1) is 36.6 Å². The zero-order valence-corrected chi connectivity index (χ0v) is 15.7. The average Bonchev–Trinajstić information content (AvgIpc) is 3.03. The molecule has 1 aliphatic heterocycles. The fourth-order valence-electron chi connectivity index (χ4n) is 3.82. The zero-order chi connectivity index (χ0) is 13.8. The molecule has 0 radical (unpaired) electrons. The summed E-state index contributed by atoms with van der Waals surface area (Å²) in [4.78, 5) is 4.10. The van der Waals surface area contributed by atoms with Gasteiger partial charge in [-0.25, -0.2) is 0 Å². The minimum absolute atomic E-state index is 0. The van der Waals surface area contributed by atoms with Gasteiger partial charge in [-0.2, -0.15) is 0 Å². The molecule has 5 heteroatoms. The Labute approximate surface area is 151 Å². The summed E-state index contributed by atoms with van der Waals surface area (Å²) in [5, 5.41) is 3.48. The van der Waals surface area contributed by atoms with Crippen LogP contribution in [0.3, 0.4) is 0 Å². The molecular weight excluding hydrogens is 335 g/mol. The first-order valence-electron chi connectivity index (χ1n) is 7.97. The number of benzene rings is 1. The normalized spacial score (nSPS) is 21.0. The van der Waals surface area contributed by atoms with E-state index < -0.39 is 0 Å². The first-order chi connectivity index (χ1) is 9.88. The minimum atomic E-state index is 0. The molecule has 0 amide bonds. The van der Waals surface area contributed by atoms with E-state index in [1.54, 1.807) is 0 Å². The largest absolute Gasteiger partial charge is 0.314 e. The molecule has 1 aliphatic carbocycles. The van der Waals surface area contributed by atoms with E-state index in [2.05, 4.69) is 40.7 Å². The van der Waals surface area contributed by atoms with Gasteiger partial charge in [-0.05, 0) is 42.7 Å². The van der Waals surface area contributed by atoms with Gasteiger partial charge in [0.05, 0.1) is 0 Å². The number of nitrogens with one attached hydrogen (secondary N) is 1. The molecule has 22 heavy (non-hydrogen) atoms. The van der Waals surface area contributed by atoms with Gasteiger partial charge in [0.2, 0.25) is 0 Å². The summed E-state index contributed by atoms with van der Waals surface area (Å²) in [6, 6.07) is 9.98. The van der Waals surface area contributed by atoms with Gasteiger partial charge in [0.15, 0.2) is 0 Å². The van der Waals surface area contributed by atoms with Crippen LogP contribution in [0.2, 0.25) is 0 Å². The van der Waals surface area contributed by atoms with E-state index in [1.807, 2.05) is 11.8 Å². The van der Waals surface area contributed by atoms with Crippen LogP contribution in [0.5, 0.6) is 0 Å². The maximum atomic E-state index is 3.48. The minimum Gasteiger partial charge on any atom is -0.314 e. The number of thioether (sulfide) groups is 1. The molecule has 1 atom stereocenters. The lowest BCUT2D eigenvalue weighted by molar-refractivity contribution is 0.125. The third-order valence-electron chi connectivity index (χ3n) is 4.85. The molecule has 2 aliphatic rings. The molecule has 1 aromatic carbocycles. The molecule has 1 saturated carbocycles. The van der Waals surface area contributed by atoms with Crippen molar-refractivity contribution in [3.8, 4) is 0 Å². The van der Waals surface area contributed by atoms with Crippen molar-refractivity contribution in [1.82, 2.24) is 10.2 Å². The van der Waals surface area contributed by atoms with Crippen molar-refractivity contribution in [3.05, 3.63) is 29.8 Å². The van der Waals surface area contributed by atoms with E-state index >= 15 is 0 Å². The van der Waals surface area contributed by atoms with Gasteiger partial charge in [0, 0.05) is 37.1 Å². The van der Waals surface area contributed by atoms with Crippen molar-refractivity contribution < 1.29 is 0 Å². The quantitative estimate of drug-likeness (QED) is 0.799. The lowest BCUT2D eigenvalue weighted by Crippen LogP contribution is -2.46. The summed E-state index contributed by atoms with van der Waals surface area (Å²) >= 11 is 1.83. The summed E-state index contributed by atoms with van der Waals surface area (Å²) in [6.45, 7) is 4.69. The summed E-state index contributed by atoms with van der Waals surface area (Å²) in [6.07, 6.45) is 7.84. The highest BCUT2D eigenvalue weighted by Gasteiger charge is 2.31. The lowest BCUT2D eigenvalue weighted by atomic mass is 9.90. The number of hydrogen-bond donors (Lipinski definition) is 1. The standard InChI is InChI=1S/C17H26N2S.2ClH/c1-20-16-8-6-15(7-9-16)17(14-4-2-3-5-14)19-12-10-18-11-13-19;;/h6-9,14,17-18H,2-5,10-13H2,1H3;2*1H/t17-;;/m1../s1. The number of hydrogen-bond acceptors (Lipinski definition) is 3. The van der Waals surface area contributed by atoms with Gasteiger partial charge in [0.25, 0.3) is 0 Å². The summed E-state index contributed by atoms with van der Waals surface area (Å²) in [7, 11) is 0. The van der Waals surface area contributed by atoms with E-state index in [4.69, 9.17) is 0 Å². The Balaban J connectivity index is 0.00000121. The van der Waals surface area contributed by atoms with Gasteiger partial charge in [-0.3, -0.25) is 4.90 Å². The molecule has 1 heterocycles. The second-order valence-corrected chi connectivity index (χ2v) is 6.93. The Hall–Kier alpha value is 0.0700. The van der Waals surface area contributed by atoms with Crippen LogP contribution in [0.1, 0.15) is 37.3 Å². The predicted molar refractivity (Wildman–Crippen MR) is 102 cm³/mol. The Morgan fingerprint density at radius 1 is 1.05 bits per heavy atom. The van der Waals surface area contributed by atoms with E-state index in [0.29, 0.717) is 6.04 Å². The highest BCUT2D eigenvalue weighted by atomic mass is 35.5. The Morgan fingerprint density at radius 3 is 2.18 bits per heavy atom. The second-order valence-electron chi connectivity index (χ2n) is 6.05. The monoisotopic (exact) mass is 362 g/mol. The SMILES string of the molecule is CSc1ccc([C@@H](C2CCCC2)N2CCNCC2)cc1.Cl.Cl. The molecule has 2 fully saturated rings. The third-order valence-corrected chi connectivity index (χ3v) is 5.59. The van der Waals surface area contributed by atoms with Gasteiger partial charge < -0.3 is 5.32 Å². The van der Waals surface area contributed by atoms with E-state index in [0.717, 1.165) is 19.0 Å². The summed E-state index contributed by atoms with van der Waals surface area (Å²) in [5.74, 6) is 0.869. The first kappa shape index (κ1) is 20.1. The second kappa shape index (κ2) is 10.0. The number of piperazine rings is 1. The molecule has 1 N–H and O–H groups in total. The predicted octanol–water partition coefficient (Wildman–Crippen LogP) is 4.39. The first-order valence-corrected chi connectivity index (χ1v) is 9.19. The fourth-order valence-corrected chi connectivity index (χ4v) is 4.22. The molecule has 0 spiro atoms. The van der Waals surface area contributed by atoms with E-state index in [9.17, 15) is 0 Å². The Morgan fingerprint density at radius 2 is 1.64 bits per heavy atom. The van der Waals surface area contributed by atoms with Crippen LogP contribution < -0.4 is 5.32 Å². The third kappa shape index (κ3) is 4.78. The highest BCUT2D eigenvalue weighted by molar-refractivity contribution is 7.98. The van der Waals surface area contributed by atoms with Crippen molar-refractivity contribution >= 4 is 36.6 Å². The maximum absolute atomic E-state index is 3.48. The molecule has 2 nitrogen and oxygen atoms in total. The van der Waals surface area contributed by atoms with Gasteiger partial charge in [-0.1, -0.05) is 25.0 Å². The zero-order valence-electron chi connectivity index (χ0n) is 13.3. The van der Waals surface area contributed by atoms with Crippen molar-refractivity contribution in [1.29, 1.82) is 0 Å². The molecule has 1 saturated heterocycles. The smallest absolute Gasteiger partial charge is 0.0377 e. The van der Waals surface area contributed by atoms with Crippen LogP contribution in [0, 0.1) is 5.92 Å². The number of rotatable bonds is 4. The topological polar surface area (TPSA) is 15.3 Å². The molecule has 0 unspecified atom stereocenters. The summed E-state index contributed by atoms with van der Waals surface area (Å²) < 4.78 is 0. The molecule has 126 valence electrons. The van der Waals surface area contributed by atoms with Gasteiger partial charge >= 0.3 is 0 Å². The highest BCUT2D eigenvalue weighted by Crippen LogP contribution is 2.39.